The summed E-state index contributed by atoms with van der Waals surface area (Å²) in [4.78, 5) is 24.1. The van der Waals surface area contributed by atoms with Crippen LogP contribution in [0, 0.1) is 6.92 Å². The van der Waals surface area contributed by atoms with Gasteiger partial charge in [-0.3, -0.25) is 4.79 Å². The zero-order valence-electron chi connectivity index (χ0n) is 18.9. The van der Waals surface area contributed by atoms with E-state index in [4.69, 9.17) is 9.72 Å². The molecule has 2 saturated heterocycles. The van der Waals surface area contributed by atoms with Crippen LogP contribution in [0.25, 0.3) is 11.3 Å². The van der Waals surface area contributed by atoms with Gasteiger partial charge in [-0.2, -0.15) is 23.3 Å². The topological polar surface area (TPSA) is 105 Å². The van der Waals surface area contributed by atoms with Crippen LogP contribution in [0.15, 0.2) is 36.5 Å². The molecule has 4 heterocycles. The molecular weight excluding hydrogens is 463 g/mol. The van der Waals surface area contributed by atoms with Gasteiger partial charge in [-0.1, -0.05) is 6.07 Å². The molecule has 2 aliphatic heterocycles. The number of carbonyl (C=O) groups excluding carboxylic acids is 1. The van der Waals surface area contributed by atoms with Crippen molar-refractivity contribution in [2.45, 2.75) is 31.7 Å². The first-order valence-corrected chi connectivity index (χ1v) is 11.0. The number of hydrogen-bond donors (Lipinski definition) is 2. The highest BCUT2D eigenvalue weighted by Gasteiger charge is 2.40. The van der Waals surface area contributed by atoms with Crippen LogP contribution in [-0.2, 0) is 10.9 Å². The minimum atomic E-state index is -4.63. The number of nitrogens with zero attached hydrogens (tertiary/aromatic N) is 5. The monoisotopic (exact) mass is 485 g/mol. The number of benzene rings is 1. The van der Waals surface area contributed by atoms with Gasteiger partial charge in [-0.05, 0) is 37.1 Å². The summed E-state index contributed by atoms with van der Waals surface area (Å²) in [5.74, 6) is 0.434. The first kappa shape index (κ1) is 23.0. The summed E-state index contributed by atoms with van der Waals surface area (Å²) < 4.78 is 44.6. The van der Waals surface area contributed by atoms with E-state index in [0.29, 0.717) is 42.0 Å². The number of fused-ring (bicyclic) bond motifs is 2. The number of morpholine rings is 1. The van der Waals surface area contributed by atoms with Crippen molar-refractivity contribution in [1.82, 2.24) is 20.2 Å². The molecule has 0 aliphatic carbocycles. The number of rotatable bonds is 5. The highest BCUT2D eigenvalue weighted by Crippen LogP contribution is 2.34. The third-order valence-electron chi connectivity index (χ3n) is 6.11. The molecule has 1 aromatic carbocycles. The number of aryl methyl sites for hydroxylation is 1. The molecule has 3 aromatic rings. The third-order valence-corrected chi connectivity index (χ3v) is 6.11. The van der Waals surface area contributed by atoms with Gasteiger partial charge >= 0.3 is 6.18 Å². The lowest BCUT2D eigenvalue weighted by Crippen LogP contribution is -2.38. The highest BCUT2D eigenvalue weighted by molar-refractivity contribution is 6.03. The first-order valence-electron chi connectivity index (χ1n) is 11.0. The number of hydrogen-bond acceptors (Lipinski definition) is 8. The van der Waals surface area contributed by atoms with Gasteiger partial charge in [0.1, 0.15) is 5.82 Å². The number of amides is 1. The predicted octanol–water partition coefficient (Wildman–Crippen LogP) is 3.53. The summed E-state index contributed by atoms with van der Waals surface area (Å²) in [5.41, 5.74) is 1.20. The van der Waals surface area contributed by atoms with E-state index in [2.05, 4.69) is 30.7 Å². The van der Waals surface area contributed by atoms with Crippen LogP contribution in [-0.4, -0.2) is 58.4 Å². The number of ether oxygens (including phenoxy) is 1. The van der Waals surface area contributed by atoms with E-state index in [-0.39, 0.29) is 12.1 Å². The Kier molecular flexibility index (Phi) is 5.75. The first-order chi connectivity index (χ1) is 16.7. The minimum absolute atomic E-state index is 0.185. The normalized spacial score (nSPS) is 19.2. The van der Waals surface area contributed by atoms with Crippen LogP contribution >= 0.6 is 0 Å². The molecule has 2 N–H and O–H groups in total. The Morgan fingerprint density at radius 2 is 2.03 bits per heavy atom. The van der Waals surface area contributed by atoms with Crippen LogP contribution < -0.4 is 15.5 Å². The molecule has 0 radical (unpaired) electrons. The summed E-state index contributed by atoms with van der Waals surface area (Å²) in [7, 11) is 1.77. The average molecular weight is 485 g/mol. The highest BCUT2D eigenvalue weighted by atomic mass is 19.4. The number of carbonyl (C=O) groups is 1. The molecule has 0 spiro atoms. The second-order valence-electron chi connectivity index (χ2n) is 8.50. The Morgan fingerprint density at radius 1 is 1.20 bits per heavy atom. The van der Waals surface area contributed by atoms with Crippen molar-refractivity contribution in [1.29, 1.82) is 0 Å². The Bertz CT molecular complexity index is 1280. The molecule has 0 saturated carbocycles. The van der Waals surface area contributed by atoms with Crippen molar-refractivity contribution < 1.29 is 22.7 Å². The fourth-order valence-corrected chi connectivity index (χ4v) is 4.28. The van der Waals surface area contributed by atoms with Crippen molar-refractivity contribution in [2.24, 2.45) is 0 Å². The van der Waals surface area contributed by atoms with Gasteiger partial charge in [-0.25, -0.2) is 4.98 Å². The number of anilines is 3. The standard InChI is InChI=1S/C23H22F3N7O2/c1-12-3-4-14(29-21(34)19-5-13(9-28-32-19)23(24,25)26)6-17(12)18-8-20(27-2)31-22(30-18)33-10-16-7-15(33)11-35-16/h3-6,8-9,15-16H,7,10-11H2,1-2H3,(H,29,34)(H,27,30,31)/t15-,16-/m1/s1. The van der Waals surface area contributed by atoms with Crippen molar-refractivity contribution in [3.05, 3.63) is 53.3 Å². The van der Waals surface area contributed by atoms with Crippen molar-refractivity contribution in [3.8, 4) is 11.3 Å². The van der Waals surface area contributed by atoms with Gasteiger partial charge in [0.2, 0.25) is 5.95 Å². The van der Waals surface area contributed by atoms with Crippen LogP contribution in [0.5, 0.6) is 0 Å². The van der Waals surface area contributed by atoms with Crippen LogP contribution in [0.1, 0.15) is 28.0 Å². The molecular formula is C23H22F3N7O2. The van der Waals surface area contributed by atoms with Crippen molar-refractivity contribution in [3.63, 3.8) is 0 Å². The summed E-state index contributed by atoms with van der Waals surface area (Å²) in [6.45, 7) is 3.28. The molecule has 12 heteroatoms. The molecule has 2 aromatic heterocycles. The van der Waals surface area contributed by atoms with E-state index in [1.54, 1.807) is 31.3 Å². The number of halogens is 3. The molecule has 182 valence electrons. The van der Waals surface area contributed by atoms with Crippen molar-refractivity contribution >= 4 is 23.4 Å². The average Bonchev–Trinajstić information content (AvgIpc) is 3.48. The van der Waals surface area contributed by atoms with Gasteiger partial charge in [0.05, 0.1) is 36.2 Å². The Labute approximate surface area is 198 Å². The zero-order chi connectivity index (χ0) is 24.7. The lowest BCUT2D eigenvalue weighted by atomic mass is 10.0. The third kappa shape index (κ3) is 4.61. The van der Waals surface area contributed by atoms with E-state index >= 15 is 0 Å². The molecule has 35 heavy (non-hydrogen) atoms. The Hall–Kier alpha value is -3.80. The zero-order valence-corrected chi connectivity index (χ0v) is 18.9. The number of alkyl halides is 3. The van der Waals surface area contributed by atoms with Crippen molar-refractivity contribution in [2.75, 3.05) is 35.7 Å². The molecule has 0 unspecified atom stereocenters. The Morgan fingerprint density at radius 3 is 2.71 bits per heavy atom. The van der Waals surface area contributed by atoms with Crippen LogP contribution in [0.4, 0.5) is 30.6 Å². The van der Waals surface area contributed by atoms with E-state index in [1.165, 1.54) is 0 Å². The SMILES string of the molecule is CNc1cc(-c2cc(NC(=O)c3cc(C(F)(F)F)cnn3)ccc2C)nc(N2C[C@H]3C[C@@H]2CO3)n1. The van der Waals surface area contributed by atoms with Crippen LogP contribution in [0.2, 0.25) is 0 Å². The lowest BCUT2D eigenvalue weighted by molar-refractivity contribution is -0.137. The Balaban J connectivity index is 1.44. The molecule has 9 nitrogen and oxygen atoms in total. The quantitative estimate of drug-likeness (QED) is 0.566. The van der Waals surface area contributed by atoms with Gasteiger partial charge in [0.15, 0.2) is 5.69 Å². The summed E-state index contributed by atoms with van der Waals surface area (Å²) >= 11 is 0. The van der Waals surface area contributed by atoms with E-state index < -0.39 is 23.3 Å². The van der Waals surface area contributed by atoms with Crippen LogP contribution in [0.3, 0.4) is 0 Å². The van der Waals surface area contributed by atoms with Gasteiger partial charge in [0, 0.05) is 30.9 Å². The van der Waals surface area contributed by atoms with E-state index in [1.807, 2.05) is 6.92 Å². The second-order valence-corrected chi connectivity index (χ2v) is 8.50. The fourth-order valence-electron chi connectivity index (χ4n) is 4.28. The smallest absolute Gasteiger partial charge is 0.374 e. The molecule has 2 fully saturated rings. The summed E-state index contributed by atoms with van der Waals surface area (Å²) in [6, 6.07) is 7.89. The molecule has 2 aliphatic rings. The lowest BCUT2D eigenvalue weighted by Gasteiger charge is -2.27. The molecule has 2 bridgehead atoms. The van der Waals surface area contributed by atoms with Gasteiger partial charge < -0.3 is 20.3 Å². The summed E-state index contributed by atoms with van der Waals surface area (Å²) in [5, 5.41) is 12.5. The summed E-state index contributed by atoms with van der Waals surface area (Å²) in [6.07, 6.45) is -2.92. The minimum Gasteiger partial charge on any atom is -0.374 e. The largest absolute Gasteiger partial charge is 0.418 e. The fraction of sp³-hybridized carbons (Fsp3) is 0.348. The second kappa shape index (κ2) is 8.77. The molecule has 2 atom stereocenters. The molecule has 1 amide bonds. The maximum Gasteiger partial charge on any atom is 0.418 e. The predicted molar refractivity (Wildman–Crippen MR) is 122 cm³/mol. The van der Waals surface area contributed by atoms with Gasteiger partial charge in [-0.15, -0.1) is 5.10 Å². The maximum atomic E-state index is 13.0. The van der Waals surface area contributed by atoms with Gasteiger partial charge in [0.25, 0.3) is 5.91 Å². The maximum absolute atomic E-state index is 13.0. The van der Waals surface area contributed by atoms with E-state index in [0.717, 1.165) is 24.1 Å². The van der Waals surface area contributed by atoms with E-state index in [9.17, 15) is 18.0 Å². The molecule has 5 rings (SSSR count). The number of nitrogens with one attached hydrogen (secondary N) is 2. The number of aromatic nitrogens is 4.